The fourth-order valence-electron chi connectivity index (χ4n) is 2.53. The Kier molecular flexibility index (Phi) is 11.5. The highest BCUT2D eigenvalue weighted by Gasteiger charge is 2.10. The Balaban J connectivity index is 0.00000338. The first-order valence-corrected chi connectivity index (χ1v) is 8.92. The molecule has 0 aromatic heterocycles. The highest BCUT2D eigenvalue weighted by Crippen LogP contribution is 2.13. The average Bonchev–Trinajstić information content (AvgIpc) is 2.60. The minimum absolute atomic E-state index is 0. The van der Waals surface area contributed by atoms with Crippen LogP contribution in [0.25, 0.3) is 0 Å². The van der Waals surface area contributed by atoms with Gasteiger partial charge in [-0.2, -0.15) is 0 Å². The molecular weight excluding hydrogens is 450 g/mol. The molecule has 1 atom stereocenters. The lowest BCUT2D eigenvalue weighted by atomic mass is 10.3. The van der Waals surface area contributed by atoms with Crippen LogP contribution >= 0.6 is 24.0 Å². The number of morpholine rings is 1. The Labute approximate surface area is 172 Å². The third-order valence-corrected chi connectivity index (χ3v) is 3.81. The first kappa shape index (κ1) is 22.9. The molecule has 2 N–H and O–H groups in total. The predicted octanol–water partition coefficient (Wildman–Crippen LogP) is 2.10. The van der Waals surface area contributed by atoms with Crippen molar-refractivity contribution in [3.8, 4) is 5.75 Å². The summed E-state index contributed by atoms with van der Waals surface area (Å²) >= 11 is 0. The molecular formula is C18H30FIN4O2. The number of nitrogens with zero attached hydrogens (tertiary/aromatic N) is 2. The summed E-state index contributed by atoms with van der Waals surface area (Å²) in [5, 5.41) is 6.57. The summed E-state index contributed by atoms with van der Waals surface area (Å²) < 4.78 is 24.2. The van der Waals surface area contributed by atoms with Crippen molar-refractivity contribution in [1.29, 1.82) is 0 Å². The van der Waals surface area contributed by atoms with Gasteiger partial charge in [0, 0.05) is 38.8 Å². The molecule has 8 heteroatoms. The summed E-state index contributed by atoms with van der Waals surface area (Å²) in [6.45, 7) is 10.6. The molecule has 1 fully saturated rings. The van der Waals surface area contributed by atoms with E-state index in [2.05, 4.69) is 20.5 Å². The normalized spacial score (nSPS) is 16.5. The van der Waals surface area contributed by atoms with Gasteiger partial charge in [0.05, 0.1) is 19.8 Å². The summed E-state index contributed by atoms with van der Waals surface area (Å²) in [5.74, 6) is 0.991. The molecule has 1 unspecified atom stereocenters. The molecule has 0 spiro atoms. The van der Waals surface area contributed by atoms with E-state index >= 15 is 0 Å². The molecule has 1 aromatic rings. The Bertz CT molecular complexity index is 542. The van der Waals surface area contributed by atoms with Crippen LogP contribution < -0.4 is 15.4 Å². The maximum atomic E-state index is 13.2. The maximum Gasteiger partial charge on any atom is 0.191 e. The van der Waals surface area contributed by atoms with E-state index in [1.54, 1.807) is 12.1 Å². The minimum Gasteiger partial charge on any atom is -0.489 e. The van der Waals surface area contributed by atoms with Crippen molar-refractivity contribution in [3.63, 3.8) is 0 Å². The molecule has 0 aliphatic carbocycles. The molecule has 148 valence electrons. The molecule has 0 bridgehead atoms. The molecule has 2 rings (SSSR count). The van der Waals surface area contributed by atoms with Gasteiger partial charge in [-0.05, 0) is 26.0 Å². The summed E-state index contributed by atoms with van der Waals surface area (Å²) in [6.07, 6.45) is -0.142. The van der Waals surface area contributed by atoms with Crippen molar-refractivity contribution < 1.29 is 13.9 Å². The van der Waals surface area contributed by atoms with E-state index < -0.39 is 0 Å². The number of guanidine groups is 1. The van der Waals surface area contributed by atoms with Crippen molar-refractivity contribution in [2.45, 2.75) is 20.0 Å². The van der Waals surface area contributed by atoms with Crippen molar-refractivity contribution in [3.05, 3.63) is 30.1 Å². The number of ether oxygens (including phenoxy) is 2. The Hall–Kier alpha value is -1.13. The molecule has 26 heavy (non-hydrogen) atoms. The van der Waals surface area contributed by atoms with Crippen LogP contribution in [0.2, 0.25) is 0 Å². The second kappa shape index (κ2) is 13.1. The summed E-state index contributed by atoms with van der Waals surface area (Å²) in [6, 6.07) is 6.16. The Morgan fingerprint density at radius 1 is 1.35 bits per heavy atom. The van der Waals surface area contributed by atoms with E-state index in [9.17, 15) is 4.39 Å². The van der Waals surface area contributed by atoms with Gasteiger partial charge in [0.15, 0.2) is 5.96 Å². The lowest BCUT2D eigenvalue weighted by molar-refractivity contribution is 0.0389. The number of rotatable bonds is 8. The van der Waals surface area contributed by atoms with Crippen LogP contribution in [0.3, 0.4) is 0 Å². The van der Waals surface area contributed by atoms with E-state index in [4.69, 9.17) is 9.47 Å². The van der Waals surface area contributed by atoms with E-state index in [-0.39, 0.29) is 35.9 Å². The highest BCUT2D eigenvalue weighted by molar-refractivity contribution is 14.0. The molecule has 0 radical (unpaired) electrons. The number of hydrogen-bond acceptors (Lipinski definition) is 4. The van der Waals surface area contributed by atoms with Gasteiger partial charge in [0.1, 0.15) is 17.7 Å². The van der Waals surface area contributed by atoms with Crippen LogP contribution in [0.15, 0.2) is 29.3 Å². The Morgan fingerprint density at radius 2 is 2.12 bits per heavy atom. The average molecular weight is 480 g/mol. The van der Waals surface area contributed by atoms with Gasteiger partial charge < -0.3 is 20.1 Å². The van der Waals surface area contributed by atoms with Crippen molar-refractivity contribution in [2.24, 2.45) is 4.99 Å². The van der Waals surface area contributed by atoms with Gasteiger partial charge in [0.25, 0.3) is 0 Å². The summed E-state index contributed by atoms with van der Waals surface area (Å²) in [7, 11) is 0. The smallest absolute Gasteiger partial charge is 0.191 e. The van der Waals surface area contributed by atoms with Crippen LogP contribution in [0.5, 0.6) is 5.75 Å². The quantitative estimate of drug-likeness (QED) is 0.339. The monoisotopic (exact) mass is 480 g/mol. The summed E-state index contributed by atoms with van der Waals surface area (Å²) in [4.78, 5) is 6.92. The van der Waals surface area contributed by atoms with Crippen LogP contribution in [0, 0.1) is 5.82 Å². The molecule has 1 aliphatic heterocycles. The third-order valence-electron chi connectivity index (χ3n) is 3.81. The van der Waals surface area contributed by atoms with E-state index in [1.807, 2.05) is 13.8 Å². The fraction of sp³-hybridized carbons (Fsp3) is 0.611. The topological polar surface area (TPSA) is 58.1 Å². The number of benzene rings is 1. The van der Waals surface area contributed by atoms with Gasteiger partial charge in [-0.3, -0.25) is 4.90 Å². The van der Waals surface area contributed by atoms with Gasteiger partial charge in [-0.25, -0.2) is 9.38 Å². The van der Waals surface area contributed by atoms with Gasteiger partial charge in [-0.1, -0.05) is 6.07 Å². The number of halogens is 2. The molecule has 1 saturated heterocycles. The van der Waals surface area contributed by atoms with Crippen LogP contribution in [0.1, 0.15) is 13.8 Å². The lowest BCUT2D eigenvalue weighted by Crippen LogP contribution is -2.44. The first-order valence-electron chi connectivity index (χ1n) is 8.92. The number of aliphatic imine (C=N–C) groups is 1. The minimum atomic E-state index is -0.300. The van der Waals surface area contributed by atoms with Crippen molar-refractivity contribution >= 4 is 29.9 Å². The lowest BCUT2D eigenvalue weighted by Gasteiger charge is -2.26. The second-order valence-electron chi connectivity index (χ2n) is 5.99. The highest BCUT2D eigenvalue weighted by atomic mass is 127. The van der Waals surface area contributed by atoms with Crippen molar-refractivity contribution in [1.82, 2.24) is 15.5 Å². The standard InChI is InChI=1S/C18H29FN4O2.HI/c1-3-20-18(21-7-8-23-9-11-24-12-10-23)22-14-15(2)25-17-6-4-5-16(19)13-17;/h4-6,13,15H,3,7-12,14H2,1-2H3,(H2,20,21,22);1H. The first-order chi connectivity index (χ1) is 12.2. The van der Waals surface area contributed by atoms with Crippen LogP contribution in [-0.4, -0.2) is 69.4 Å². The zero-order chi connectivity index (χ0) is 17.9. The summed E-state index contributed by atoms with van der Waals surface area (Å²) in [5.41, 5.74) is 0. The van der Waals surface area contributed by atoms with E-state index in [1.165, 1.54) is 12.1 Å². The van der Waals surface area contributed by atoms with Gasteiger partial charge in [-0.15, -0.1) is 24.0 Å². The van der Waals surface area contributed by atoms with Crippen LogP contribution in [-0.2, 0) is 4.74 Å². The molecule has 0 saturated carbocycles. The maximum absolute atomic E-state index is 13.2. The zero-order valence-corrected chi connectivity index (χ0v) is 17.9. The molecule has 1 heterocycles. The molecule has 1 aromatic carbocycles. The Morgan fingerprint density at radius 3 is 2.81 bits per heavy atom. The van der Waals surface area contributed by atoms with Crippen LogP contribution in [0.4, 0.5) is 4.39 Å². The fourth-order valence-corrected chi connectivity index (χ4v) is 2.53. The molecule has 0 amide bonds. The SMILES string of the molecule is CCNC(=NCC(C)Oc1cccc(F)c1)NCCN1CCOCC1.I. The molecule has 1 aliphatic rings. The van der Waals surface area contributed by atoms with Crippen molar-refractivity contribution in [2.75, 3.05) is 52.5 Å². The van der Waals surface area contributed by atoms with E-state index in [0.29, 0.717) is 12.3 Å². The van der Waals surface area contributed by atoms with Gasteiger partial charge in [0.2, 0.25) is 0 Å². The predicted molar refractivity (Wildman–Crippen MR) is 113 cm³/mol. The van der Waals surface area contributed by atoms with E-state index in [0.717, 1.165) is 51.9 Å². The largest absolute Gasteiger partial charge is 0.489 e. The van der Waals surface area contributed by atoms with Gasteiger partial charge >= 0.3 is 0 Å². The molecule has 6 nitrogen and oxygen atoms in total. The third kappa shape index (κ3) is 9.00. The number of hydrogen-bond donors (Lipinski definition) is 2. The number of nitrogens with one attached hydrogen (secondary N) is 2. The second-order valence-corrected chi connectivity index (χ2v) is 5.99. The zero-order valence-electron chi connectivity index (χ0n) is 15.5.